The molecule has 0 radical (unpaired) electrons. The zero-order valence-electron chi connectivity index (χ0n) is 15.6. The van der Waals surface area contributed by atoms with E-state index < -0.39 is 0 Å². The van der Waals surface area contributed by atoms with Gasteiger partial charge in [0, 0.05) is 38.1 Å². The third kappa shape index (κ3) is 4.94. The predicted molar refractivity (Wildman–Crippen MR) is 101 cm³/mol. The smallest absolute Gasteiger partial charge is 0.253 e. The van der Waals surface area contributed by atoms with Gasteiger partial charge in [-0.15, -0.1) is 0 Å². The lowest BCUT2D eigenvalue weighted by Gasteiger charge is -2.19. The molecule has 0 aliphatic heterocycles. The Morgan fingerprint density at radius 1 is 1.16 bits per heavy atom. The van der Waals surface area contributed by atoms with Crippen molar-refractivity contribution >= 4 is 5.91 Å². The summed E-state index contributed by atoms with van der Waals surface area (Å²) < 4.78 is 7.20. The van der Waals surface area contributed by atoms with Crippen molar-refractivity contribution in [3.63, 3.8) is 0 Å². The van der Waals surface area contributed by atoms with Crippen molar-refractivity contribution in [2.45, 2.75) is 26.8 Å². The molecule has 5 nitrogen and oxygen atoms in total. The Morgan fingerprint density at radius 2 is 1.88 bits per heavy atom. The molecule has 0 saturated heterocycles. The molecule has 1 aromatic heterocycles. The molecule has 0 bridgehead atoms. The Bertz CT molecular complexity index is 680. The third-order valence-electron chi connectivity index (χ3n) is 4.47. The van der Waals surface area contributed by atoms with E-state index in [1.807, 2.05) is 31.2 Å². The molecule has 2 aromatic rings. The minimum Gasteiger partial charge on any atom is -0.383 e. The second-order valence-electron chi connectivity index (χ2n) is 6.24. The van der Waals surface area contributed by atoms with Gasteiger partial charge in [-0.1, -0.05) is 30.3 Å². The number of hydrogen-bond donors (Lipinski definition) is 2. The number of aromatic nitrogens is 1. The average molecular weight is 343 g/mol. The van der Waals surface area contributed by atoms with Crippen molar-refractivity contribution < 1.29 is 9.53 Å². The van der Waals surface area contributed by atoms with Gasteiger partial charge in [0.1, 0.15) is 0 Å². The fraction of sp³-hybridized carbons (Fsp3) is 0.450. The lowest BCUT2D eigenvalue weighted by Crippen LogP contribution is -2.33. The number of carbonyl (C=O) groups is 1. The lowest BCUT2D eigenvalue weighted by atomic mass is 10.1. The Labute approximate surface area is 150 Å². The maximum Gasteiger partial charge on any atom is 0.253 e. The topological polar surface area (TPSA) is 55.3 Å². The molecular formula is C20H29N3O2. The molecule has 1 aromatic carbocycles. The van der Waals surface area contributed by atoms with Gasteiger partial charge in [0.2, 0.25) is 0 Å². The van der Waals surface area contributed by atoms with Crippen LogP contribution in [-0.2, 0) is 4.74 Å². The standard InChI is InChI=1S/C20H29N3O2/c1-15-14-19(20(24)22-11-10-21-12-13-25-4)17(3)23(15)16(2)18-8-6-5-7-9-18/h5-9,14,16,21H,10-13H2,1-4H3,(H,22,24). The van der Waals surface area contributed by atoms with Crippen molar-refractivity contribution in [1.82, 2.24) is 15.2 Å². The first-order valence-electron chi connectivity index (χ1n) is 8.77. The van der Waals surface area contributed by atoms with E-state index in [2.05, 4.69) is 41.2 Å². The monoisotopic (exact) mass is 343 g/mol. The number of methoxy groups -OCH3 is 1. The van der Waals surface area contributed by atoms with Crippen molar-refractivity contribution in [1.29, 1.82) is 0 Å². The molecule has 25 heavy (non-hydrogen) atoms. The molecule has 0 aliphatic rings. The highest BCUT2D eigenvalue weighted by Crippen LogP contribution is 2.25. The molecule has 2 rings (SSSR count). The molecule has 2 N–H and O–H groups in total. The van der Waals surface area contributed by atoms with Crippen LogP contribution >= 0.6 is 0 Å². The fourth-order valence-electron chi connectivity index (χ4n) is 3.14. The van der Waals surface area contributed by atoms with Crippen LogP contribution in [0.25, 0.3) is 0 Å². The number of amides is 1. The Hall–Kier alpha value is -2.11. The first kappa shape index (κ1) is 19.2. The number of aryl methyl sites for hydroxylation is 1. The summed E-state index contributed by atoms with van der Waals surface area (Å²) in [6.07, 6.45) is 0. The highest BCUT2D eigenvalue weighted by molar-refractivity contribution is 5.95. The van der Waals surface area contributed by atoms with E-state index in [-0.39, 0.29) is 11.9 Å². The Kier molecular flexibility index (Phi) is 7.22. The molecule has 136 valence electrons. The van der Waals surface area contributed by atoms with Gasteiger partial charge < -0.3 is 19.9 Å². The van der Waals surface area contributed by atoms with Crippen molar-refractivity contribution in [3.05, 3.63) is 58.9 Å². The van der Waals surface area contributed by atoms with Crippen molar-refractivity contribution in [2.75, 3.05) is 33.4 Å². The van der Waals surface area contributed by atoms with E-state index in [1.165, 1.54) is 5.56 Å². The van der Waals surface area contributed by atoms with Crippen LogP contribution < -0.4 is 10.6 Å². The van der Waals surface area contributed by atoms with Crippen LogP contribution in [0.2, 0.25) is 0 Å². The largest absolute Gasteiger partial charge is 0.383 e. The zero-order valence-corrected chi connectivity index (χ0v) is 15.6. The summed E-state index contributed by atoms with van der Waals surface area (Å²) in [6.45, 7) is 9.01. The zero-order chi connectivity index (χ0) is 18.2. The van der Waals surface area contributed by atoms with Crippen molar-refractivity contribution in [3.8, 4) is 0 Å². The average Bonchev–Trinajstić information content (AvgIpc) is 2.92. The van der Waals surface area contributed by atoms with Crippen LogP contribution in [0.4, 0.5) is 0 Å². The lowest BCUT2D eigenvalue weighted by molar-refractivity contribution is 0.0953. The quantitative estimate of drug-likeness (QED) is 0.688. The van der Waals surface area contributed by atoms with Crippen LogP contribution in [0.1, 0.15) is 40.3 Å². The summed E-state index contributed by atoms with van der Waals surface area (Å²) in [4.78, 5) is 12.5. The van der Waals surface area contributed by atoms with Crippen LogP contribution in [0.5, 0.6) is 0 Å². The summed E-state index contributed by atoms with van der Waals surface area (Å²) in [6, 6.07) is 12.5. The maximum absolute atomic E-state index is 12.5. The molecule has 0 fully saturated rings. The Balaban J connectivity index is 2.02. The van der Waals surface area contributed by atoms with Gasteiger partial charge in [-0.2, -0.15) is 0 Å². The summed E-state index contributed by atoms with van der Waals surface area (Å²) in [7, 11) is 1.68. The minimum atomic E-state index is -0.0202. The molecule has 5 heteroatoms. The maximum atomic E-state index is 12.5. The van der Waals surface area contributed by atoms with Crippen molar-refractivity contribution in [2.24, 2.45) is 0 Å². The first-order valence-corrected chi connectivity index (χ1v) is 8.77. The molecule has 1 atom stereocenters. The Morgan fingerprint density at radius 3 is 2.56 bits per heavy atom. The highest BCUT2D eigenvalue weighted by Gasteiger charge is 2.19. The van der Waals surface area contributed by atoms with Gasteiger partial charge in [0.05, 0.1) is 18.2 Å². The van der Waals surface area contributed by atoms with Crippen LogP contribution in [0.3, 0.4) is 0 Å². The number of benzene rings is 1. The summed E-state index contributed by atoms with van der Waals surface area (Å²) >= 11 is 0. The van der Waals surface area contributed by atoms with E-state index in [9.17, 15) is 4.79 Å². The van der Waals surface area contributed by atoms with E-state index in [0.29, 0.717) is 13.2 Å². The summed E-state index contributed by atoms with van der Waals surface area (Å²) in [5.41, 5.74) is 4.08. The number of ether oxygens (including phenoxy) is 1. The highest BCUT2D eigenvalue weighted by atomic mass is 16.5. The molecule has 1 unspecified atom stereocenters. The van der Waals surface area contributed by atoms with Gasteiger partial charge in [-0.05, 0) is 32.4 Å². The molecule has 1 heterocycles. The van der Waals surface area contributed by atoms with Crippen LogP contribution in [0.15, 0.2) is 36.4 Å². The number of nitrogens with one attached hydrogen (secondary N) is 2. The predicted octanol–water partition coefficient (Wildman–Crippen LogP) is 2.68. The van der Waals surface area contributed by atoms with Gasteiger partial charge in [0.15, 0.2) is 0 Å². The minimum absolute atomic E-state index is 0.0202. The second-order valence-corrected chi connectivity index (χ2v) is 6.24. The molecule has 0 aliphatic carbocycles. The molecular weight excluding hydrogens is 314 g/mol. The summed E-state index contributed by atoms with van der Waals surface area (Å²) in [5, 5.41) is 6.20. The SMILES string of the molecule is COCCNCCNC(=O)c1cc(C)n(C(C)c2ccccc2)c1C. The van der Waals surface area contributed by atoms with E-state index in [1.54, 1.807) is 7.11 Å². The van der Waals surface area contributed by atoms with Crippen LogP contribution in [-0.4, -0.2) is 43.8 Å². The first-order chi connectivity index (χ1) is 12.1. The van der Waals surface area contributed by atoms with Crippen LogP contribution in [0, 0.1) is 13.8 Å². The van der Waals surface area contributed by atoms with Gasteiger partial charge in [-0.25, -0.2) is 0 Å². The van der Waals surface area contributed by atoms with E-state index in [4.69, 9.17) is 4.74 Å². The second kappa shape index (κ2) is 9.39. The molecule has 1 amide bonds. The van der Waals surface area contributed by atoms with Gasteiger partial charge in [0.25, 0.3) is 5.91 Å². The number of carbonyl (C=O) groups excluding carboxylic acids is 1. The summed E-state index contributed by atoms with van der Waals surface area (Å²) in [5.74, 6) is -0.0202. The normalized spacial score (nSPS) is 12.2. The van der Waals surface area contributed by atoms with Gasteiger partial charge >= 0.3 is 0 Å². The fourth-order valence-corrected chi connectivity index (χ4v) is 3.14. The van der Waals surface area contributed by atoms with E-state index >= 15 is 0 Å². The molecule has 0 spiro atoms. The number of rotatable bonds is 9. The van der Waals surface area contributed by atoms with E-state index in [0.717, 1.165) is 30.0 Å². The third-order valence-corrected chi connectivity index (χ3v) is 4.47. The number of hydrogen-bond acceptors (Lipinski definition) is 3. The number of nitrogens with zero attached hydrogens (tertiary/aromatic N) is 1. The van der Waals surface area contributed by atoms with Gasteiger partial charge in [-0.3, -0.25) is 4.79 Å². The molecule has 0 saturated carbocycles.